The van der Waals surface area contributed by atoms with Crippen molar-refractivity contribution in [2.45, 2.75) is 32.2 Å². The molecule has 10 heteroatoms. The number of carbonyl (C=O) groups excluding carboxylic acids is 2. The smallest absolute Gasteiger partial charge is 0.367 e. The molecule has 1 heterocycles. The zero-order chi connectivity index (χ0) is 26.6. The molecule has 3 aromatic carbocycles. The Morgan fingerprint density at radius 3 is 2.51 bits per heavy atom. The lowest BCUT2D eigenvalue weighted by Gasteiger charge is -2.30. The third-order valence-electron chi connectivity index (χ3n) is 6.04. The zero-order valence-corrected chi connectivity index (χ0v) is 20.3. The van der Waals surface area contributed by atoms with Crippen molar-refractivity contribution in [3.05, 3.63) is 99.3 Å². The first kappa shape index (κ1) is 26.6. The summed E-state index contributed by atoms with van der Waals surface area (Å²) >= 11 is 6.31. The molecule has 1 N–H and O–H groups in total. The highest BCUT2D eigenvalue weighted by atomic mass is 35.5. The number of rotatable bonds is 7. The van der Waals surface area contributed by atoms with Crippen molar-refractivity contribution >= 4 is 29.1 Å². The largest absolute Gasteiger partial charge is 0.419 e. The molecular weight excluding hydrogens is 512 g/mol. The van der Waals surface area contributed by atoms with E-state index in [0.717, 1.165) is 28.8 Å². The molecule has 0 unspecified atom stereocenters. The minimum atomic E-state index is -4.87. The van der Waals surface area contributed by atoms with Gasteiger partial charge in [-0.05, 0) is 40.8 Å². The highest BCUT2D eigenvalue weighted by molar-refractivity contribution is 6.34. The monoisotopic (exact) mass is 534 g/mol. The van der Waals surface area contributed by atoms with Crippen molar-refractivity contribution in [3.8, 4) is 0 Å². The Morgan fingerprint density at radius 1 is 1.03 bits per heavy atom. The molecule has 0 bridgehead atoms. The molecule has 37 heavy (non-hydrogen) atoms. The SMILES string of the molecule is O=C(Cc1cccc(C(F)(F)F)c1F)Nc1c(Cl)ccc2c1CCN(C(=O)COCc1ccccc1)C2. The minimum Gasteiger partial charge on any atom is -0.367 e. The van der Waals surface area contributed by atoms with Crippen LogP contribution in [0.2, 0.25) is 5.02 Å². The molecule has 194 valence electrons. The van der Waals surface area contributed by atoms with Crippen LogP contribution in [0.25, 0.3) is 0 Å². The van der Waals surface area contributed by atoms with Gasteiger partial charge in [-0.15, -0.1) is 0 Å². The van der Waals surface area contributed by atoms with Crippen LogP contribution >= 0.6 is 11.6 Å². The number of carbonyl (C=O) groups is 2. The maximum atomic E-state index is 14.4. The number of ether oxygens (including phenoxy) is 1. The number of nitrogens with one attached hydrogen (secondary N) is 1. The van der Waals surface area contributed by atoms with Gasteiger partial charge in [-0.3, -0.25) is 9.59 Å². The fourth-order valence-electron chi connectivity index (χ4n) is 4.19. The molecular formula is C27H23ClF4N2O3. The van der Waals surface area contributed by atoms with E-state index in [1.807, 2.05) is 30.3 Å². The fraction of sp³-hybridized carbons (Fsp3) is 0.259. The van der Waals surface area contributed by atoms with E-state index >= 15 is 0 Å². The molecule has 1 aliphatic rings. The van der Waals surface area contributed by atoms with Gasteiger partial charge < -0.3 is 15.0 Å². The van der Waals surface area contributed by atoms with E-state index in [2.05, 4.69) is 5.32 Å². The number of halogens is 5. The Kier molecular flexibility index (Phi) is 8.14. The van der Waals surface area contributed by atoms with Crippen molar-refractivity contribution < 1.29 is 31.9 Å². The van der Waals surface area contributed by atoms with Crippen LogP contribution in [0, 0.1) is 5.82 Å². The number of benzene rings is 3. The van der Waals surface area contributed by atoms with E-state index in [1.54, 1.807) is 17.0 Å². The highest BCUT2D eigenvalue weighted by Crippen LogP contribution is 2.34. The third-order valence-corrected chi connectivity index (χ3v) is 6.36. The topological polar surface area (TPSA) is 58.6 Å². The molecule has 4 rings (SSSR count). The lowest BCUT2D eigenvalue weighted by molar-refractivity contribution is -0.140. The summed E-state index contributed by atoms with van der Waals surface area (Å²) in [5.74, 6) is -2.36. The van der Waals surface area contributed by atoms with Crippen molar-refractivity contribution in [1.82, 2.24) is 4.90 Å². The van der Waals surface area contributed by atoms with Crippen molar-refractivity contribution in [3.63, 3.8) is 0 Å². The van der Waals surface area contributed by atoms with Gasteiger partial charge in [-0.2, -0.15) is 13.2 Å². The predicted molar refractivity (Wildman–Crippen MR) is 130 cm³/mol. The Bertz CT molecular complexity index is 1300. The van der Waals surface area contributed by atoms with Gasteiger partial charge in [-0.25, -0.2) is 4.39 Å². The Balaban J connectivity index is 1.41. The van der Waals surface area contributed by atoms with E-state index in [0.29, 0.717) is 31.3 Å². The minimum absolute atomic E-state index is 0.0794. The van der Waals surface area contributed by atoms with E-state index in [1.165, 1.54) is 0 Å². The summed E-state index contributed by atoms with van der Waals surface area (Å²) in [6, 6.07) is 15.6. The van der Waals surface area contributed by atoms with Crippen LogP contribution in [0.4, 0.5) is 23.2 Å². The second-order valence-corrected chi connectivity index (χ2v) is 9.01. The van der Waals surface area contributed by atoms with Gasteiger partial charge in [0.25, 0.3) is 0 Å². The number of hydrogen-bond donors (Lipinski definition) is 1. The van der Waals surface area contributed by atoms with E-state index in [9.17, 15) is 27.2 Å². The predicted octanol–water partition coefficient (Wildman–Crippen LogP) is 5.78. The van der Waals surface area contributed by atoms with Crippen LogP contribution in [-0.4, -0.2) is 29.9 Å². The number of fused-ring (bicyclic) bond motifs is 1. The van der Waals surface area contributed by atoms with Gasteiger partial charge in [-0.1, -0.05) is 60.1 Å². The fourth-order valence-corrected chi connectivity index (χ4v) is 4.41. The summed E-state index contributed by atoms with van der Waals surface area (Å²) in [6.07, 6.45) is -5.07. The molecule has 0 aliphatic carbocycles. The molecule has 3 aromatic rings. The summed E-state index contributed by atoms with van der Waals surface area (Å²) < 4.78 is 58.9. The van der Waals surface area contributed by atoms with Gasteiger partial charge in [0.2, 0.25) is 11.8 Å². The summed E-state index contributed by atoms with van der Waals surface area (Å²) in [4.78, 5) is 26.9. The van der Waals surface area contributed by atoms with Gasteiger partial charge in [0.05, 0.1) is 29.3 Å². The van der Waals surface area contributed by atoms with Crippen molar-refractivity contribution in [1.29, 1.82) is 0 Å². The molecule has 0 radical (unpaired) electrons. The summed E-state index contributed by atoms with van der Waals surface area (Å²) in [7, 11) is 0. The zero-order valence-electron chi connectivity index (χ0n) is 19.6. The normalized spacial score (nSPS) is 13.3. The maximum Gasteiger partial charge on any atom is 0.419 e. The second kappa shape index (κ2) is 11.3. The Morgan fingerprint density at radius 2 is 1.78 bits per heavy atom. The van der Waals surface area contributed by atoms with Crippen LogP contribution in [-0.2, 0) is 46.5 Å². The lowest BCUT2D eigenvalue weighted by Crippen LogP contribution is -2.38. The van der Waals surface area contributed by atoms with Crippen LogP contribution in [0.5, 0.6) is 0 Å². The van der Waals surface area contributed by atoms with E-state index in [-0.39, 0.29) is 29.6 Å². The van der Waals surface area contributed by atoms with Crippen LogP contribution in [0.1, 0.15) is 27.8 Å². The van der Waals surface area contributed by atoms with Crippen LogP contribution < -0.4 is 5.32 Å². The van der Waals surface area contributed by atoms with Crippen molar-refractivity contribution in [2.24, 2.45) is 0 Å². The third kappa shape index (κ3) is 6.47. The lowest BCUT2D eigenvalue weighted by atomic mass is 9.97. The number of alkyl halides is 3. The van der Waals surface area contributed by atoms with Crippen LogP contribution in [0.15, 0.2) is 60.7 Å². The van der Waals surface area contributed by atoms with Crippen LogP contribution in [0.3, 0.4) is 0 Å². The molecule has 0 fully saturated rings. The molecule has 0 saturated heterocycles. The number of amides is 2. The standard InChI is InChI=1S/C27H23ClF4N2O3/c28-22-10-9-19-14-34(24(36)16-37-15-17-5-2-1-3-6-17)12-11-20(19)26(22)33-23(35)13-18-7-4-8-21(25(18)29)27(30,31)32/h1-10H,11-16H2,(H,33,35). The maximum absolute atomic E-state index is 14.4. The van der Waals surface area contributed by atoms with Gasteiger partial charge in [0, 0.05) is 13.1 Å². The number of nitrogens with zero attached hydrogens (tertiary/aromatic N) is 1. The molecule has 2 amide bonds. The summed E-state index contributed by atoms with van der Waals surface area (Å²) in [5.41, 5.74) is 0.960. The number of anilines is 1. The average Bonchev–Trinajstić information content (AvgIpc) is 2.86. The second-order valence-electron chi connectivity index (χ2n) is 8.61. The van der Waals surface area contributed by atoms with Gasteiger partial charge >= 0.3 is 6.18 Å². The highest BCUT2D eigenvalue weighted by Gasteiger charge is 2.35. The average molecular weight is 535 g/mol. The van der Waals surface area contributed by atoms with E-state index < -0.39 is 29.9 Å². The summed E-state index contributed by atoms with van der Waals surface area (Å²) in [5, 5.41) is 2.86. The molecule has 0 atom stereocenters. The molecule has 1 aliphatic heterocycles. The molecule has 5 nitrogen and oxygen atoms in total. The quantitative estimate of drug-likeness (QED) is 0.391. The first-order chi connectivity index (χ1) is 17.6. The van der Waals surface area contributed by atoms with Crippen molar-refractivity contribution in [2.75, 3.05) is 18.5 Å². The first-order valence-electron chi connectivity index (χ1n) is 11.5. The van der Waals surface area contributed by atoms with Gasteiger partial charge in [0.1, 0.15) is 12.4 Å². The molecule has 0 saturated carbocycles. The Labute approximate surface area is 216 Å². The summed E-state index contributed by atoms with van der Waals surface area (Å²) in [6.45, 7) is 0.885. The number of hydrogen-bond acceptors (Lipinski definition) is 3. The molecule has 0 aromatic heterocycles. The van der Waals surface area contributed by atoms with E-state index in [4.69, 9.17) is 16.3 Å². The first-order valence-corrected chi connectivity index (χ1v) is 11.9. The Hall–Kier alpha value is -3.43. The molecule has 0 spiro atoms. The van der Waals surface area contributed by atoms with Gasteiger partial charge in [0.15, 0.2) is 0 Å².